The first-order chi connectivity index (χ1) is 25.1. The van der Waals surface area contributed by atoms with Crippen LogP contribution in [0, 0.1) is 11.3 Å². The highest BCUT2D eigenvalue weighted by Gasteiger charge is 2.52. The molecular formula is C42H61N2O7PSi. The first kappa shape index (κ1) is 42.9. The van der Waals surface area contributed by atoms with Gasteiger partial charge in [-0.05, 0) is 93.7 Å². The lowest BCUT2D eigenvalue weighted by Gasteiger charge is -2.42. The number of ether oxygens (including phenoxy) is 4. The molecule has 0 aromatic heterocycles. The van der Waals surface area contributed by atoms with Gasteiger partial charge in [-0.15, -0.1) is 0 Å². The molecule has 1 heterocycles. The molecule has 4 rings (SSSR count). The number of benzene rings is 3. The topological polar surface area (TPSA) is 91.6 Å². The van der Waals surface area contributed by atoms with Crippen molar-refractivity contribution in [3.05, 3.63) is 95.6 Å². The van der Waals surface area contributed by atoms with Gasteiger partial charge in [0.15, 0.2) is 8.32 Å². The quantitative estimate of drug-likeness (QED) is 0.0543. The molecule has 2 unspecified atom stereocenters. The molecule has 1 fully saturated rings. The highest BCUT2D eigenvalue weighted by Crippen LogP contribution is 2.51. The van der Waals surface area contributed by atoms with Crippen molar-refractivity contribution in [1.29, 1.82) is 5.26 Å². The second kappa shape index (κ2) is 18.7. The minimum atomic E-state index is -2.29. The van der Waals surface area contributed by atoms with Gasteiger partial charge in [0.2, 0.25) is 0 Å². The molecule has 0 radical (unpaired) electrons. The maximum Gasteiger partial charge on any atom is 0.259 e. The van der Waals surface area contributed by atoms with Crippen LogP contribution in [0.25, 0.3) is 0 Å². The third kappa shape index (κ3) is 10.1. The third-order valence-corrected chi connectivity index (χ3v) is 16.9. The average Bonchev–Trinajstić information content (AvgIpc) is 3.40. The Hall–Kier alpha value is -2.84. The molecule has 0 amide bonds. The van der Waals surface area contributed by atoms with Crippen molar-refractivity contribution in [3.8, 4) is 17.6 Å². The van der Waals surface area contributed by atoms with E-state index in [1.165, 1.54) is 0 Å². The van der Waals surface area contributed by atoms with E-state index in [1.54, 1.807) is 14.2 Å². The van der Waals surface area contributed by atoms with E-state index in [1.807, 2.05) is 42.5 Å². The molecule has 1 aliphatic rings. The second-order valence-electron chi connectivity index (χ2n) is 15.7. The number of methoxy groups -OCH3 is 2. The van der Waals surface area contributed by atoms with Crippen LogP contribution >= 0.6 is 8.53 Å². The molecule has 0 bridgehead atoms. The summed E-state index contributed by atoms with van der Waals surface area (Å²) < 4.78 is 48.3. The third-order valence-electron chi connectivity index (χ3n) is 10.3. The van der Waals surface area contributed by atoms with Crippen LogP contribution in [0.3, 0.4) is 0 Å². The Bertz CT molecular complexity index is 1540. The van der Waals surface area contributed by atoms with Gasteiger partial charge in [0, 0.05) is 12.1 Å². The maximum absolute atomic E-state index is 9.39. The molecule has 11 heteroatoms. The van der Waals surface area contributed by atoms with Crippen LogP contribution in [0.2, 0.25) is 18.1 Å². The Morgan fingerprint density at radius 3 is 1.77 bits per heavy atom. The molecule has 3 aromatic rings. The molecule has 0 saturated carbocycles. The van der Waals surface area contributed by atoms with Crippen molar-refractivity contribution in [2.45, 2.75) is 122 Å². The first-order valence-electron chi connectivity index (χ1n) is 18.7. The summed E-state index contributed by atoms with van der Waals surface area (Å²) in [5.41, 5.74) is 1.78. The van der Waals surface area contributed by atoms with Gasteiger partial charge in [-0.1, -0.05) is 75.4 Å². The first-order valence-corrected chi connectivity index (χ1v) is 22.7. The van der Waals surface area contributed by atoms with Gasteiger partial charge in [-0.25, -0.2) is 4.67 Å². The lowest BCUT2D eigenvalue weighted by Crippen LogP contribution is -2.50. The van der Waals surface area contributed by atoms with Crippen molar-refractivity contribution >= 4 is 16.8 Å². The molecule has 1 aliphatic heterocycles. The predicted molar refractivity (Wildman–Crippen MR) is 215 cm³/mol. The number of nitriles is 1. The molecule has 53 heavy (non-hydrogen) atoms. The molecule has 0 aliphatic carbocycles. The van der Waals surface area contributed by atoms with Crippen molar-refractivity contribution in [2.24, 2.45) is 0 Å². The summed E-state index contributed by atoms with van der Waals surface area (Å²) in [6, 6.07) is 28.8. The van der Waals surface area contributed by atoms with E-state index in [-0.39, 0.29) is 49.0 Å². The van der Waals surface area contributed by atoms with Crippen molar-refractivity contribution in [3.63, 3.8) is 0 Å². The fourth-order valence-corrected chi connectivity index (χ4v) is 9.66. The lowest BCUT2D eigenvalue weighted by molar-refractivity contribution is -0.0778. The number of rotatable bonds is 18. The summed E-state index contributed by atoms with van der Waals surface area (Å²) in [6.45, 7) is 22.3. The number of nitrogens with zero attached hydrogens (tertiary/aromatic N) is 2. The minimum absolute atomic E-state index is 0.0347. The van der Waals surface area contributed by atoms with Gasteiger partial charge in [0.25, 0.3) is 8.53 Å². The molecule has 0 spiro atoms. The predicted octanol–water partition coefficient (Wildman–Crippen LogP) is 9.85. The smallest absolute Gasteiger partial charge is 0.259 e. The Balaban J connectivity index is 1.85. The van der Waals surface area contributed by atoms with E-state index < -0.39 is 34.7 Å². The van der Waals surface area contributed by atoms with Gasteiger partial charge in [0.1, 0.15) is 35.4 Å². The molecule has 3 aromatic carbocycles. The summed E-state index contributed by atoms with van der Waals surface area (Å²) in [7, 11) is -0.550. The summed E-state index contributed by atoms with van der Waals surface area (Å²) in [5.74, 6) is 1.50. The highest BCUT2D eigenvalue weighted by molar-refractivity contribution is 7.44. The SMILES string of the molecule is COc1ccc(C(OC[C@H]2O[C@@H](C)[C@@H](O[Si](C)(C)C(C)(C)C)C2OP(OCCC#N)N(C(C)C)C(C)C)(c2ccccc2)c2ccc(OC)cc2)cc1. The summed E-state index contributed by atoms with van der Waals surface area (Å²) in [5, 5.41) is 9.35. The van der Waals surface area contributed by atoms with Crippen molar-refractivity contribution < 1.29 is 32.4 Å². The molecule has 1 saturated heterocycles. The highest BCUT2D eigenvalue weighted by atomic mass is 31.2. The Kier molecular flexibility index (Phi) is 15.1. The van der Waals surface area contributed by atoms with Crippen molar-refractivity contribution in [2.75, 3.05) is 27.4 Å². The largest absolute Gasteiger partial charge is 0.497 e. The van der Waals surface area contributed by atoms with Gasteiger partial charge in [0.05, 0.1) is 46.0 Å². The molecule has 9 nitrogen and oxygen atoms in total. The van der Waals surface area contributed by atoms with Crippen LogP contribution in [0.5, 0.6) is 11.5 Å². The monoisotopic (exact) mass is 764 g/mol. The van der Waals surface area contributed by atoms with E-state index in [0.717, 1.165) is 28.2 Å². The van der Waals surface area contributed by atoms with Gasteiger partial charge < -0.3 is 32.4 Å². The standard InChI is InChI=1S/C42H61N2O7PSi/c1-30(2)44(31(3)4)52(48-28-16-27-43)50-40-38(49-32(5)39(40)51-53(11,12)41(6,7)8)29-47-42(33-17-14-13-15-18-33,34-19-23-36(45-9)24-20-34)35-21-25-37(46-10)26-22-35/h13-15,17-26,30-32,38-40H,16,28-29H2,1-12H3/t32-,38+,39+,40?,52?/m0/s1. The second-order valence-corrected chi connectivity index (χ2v) is 21.8. The fraction of sp³-hybridized carbons (Fsp3) is 0.548. The van der Waals surface area contributed by atoms with Crippen LogP contribution < -0.4 is 9.47 Å². The zero-order valence-corrected chi connectivity index (χ0v) is 35.7. The Labute approximate surface area is 320 Å². The zero-order chi connectivity index (χ0) is 39.0. The van der Waals surface area contributed by atoms with Crippen LogP contribution in [0.4, 0.5) is 0 Å². The summed E-state index contributed by atoms with van der Waals surface area (Å²) in [4.78, 5) is 0. The molecular weight excluding hydrogens is 704 g/mol. The van der Waals surface area contributed by atoms with E-state index in [0.29, 0.717) is 0 Å². The van der Waals surface area contributed by atoms with Crippen LogP contribution in [-0.2, 0) is 28.5 Å². The van der Waals surface area contributed by atoms with E-state index >= 15 is 0 Å². The zero-order valence-electron chi connectivity index (χ0n) is 33.8. The summed E-state index contributed by atoms with van der Waals surface area (Å²) >= 11 is 0. The Morgan fingerprint density at radius 1 is 0.811 bits per heavy atom. The summed E-state index contributed by atoms with van der Waals surface area (Å²) in [6.07, 6.45) is -1.41. The van der Waals surface area contributed by atoms with E-state index in [9.17, 15) is 5.26 Å². The Morgan fingerprint density at radius 2 is 1.32 bits per heavy atom. The molecule has 290 valence electrons. The van der Waals surface area contributed by atoms with Gasteiger partial charge in [-0.2, -0.15) is 5.26 Å². The average molecular weight is 765 g/mol. The fourth-order valence-electron chi connectivity index (χ4n) is 6.53. The normalized spacial score (nSPS) is 20.2. The van der Waals surface area contributed by atoms with Gasteiger partial charge >= 0.3 is 0 Å². The molecule has 5 atom stereocenters. The lowest BCUT2D eigenvalue weighted by atomic mass is 9.80. The minimum Gasteiger partial charge on any atom is -0.497 e. The maximum atomic E-state index is 9.39. The van der Waals surface area contributed by atoms with Crippen LogP contribution in [0.1, 0.15) is 78.5 Å². The van der Waals surface area contributed by atoms with E-state index in [4.69, 9.17) is 32.4 Å². The van der Waals surface area contributed by atoms with Crippen LogP contribution in [-0.4, -0.2) is 76.9 Å². The van der Waals surface area contributed by atoms with Crippen LogP contribution in [0.15, 0.2) is 78.9 Å². The van der Waals surface area contributed by atoms with Gasteiger partial charge in [-0.3, -0.25) is 0 Å². The number of hydrogen-bond acceptors (Lipinski definition) is 9. The van der Waals surface area contributed by atoms with E-state index in [2.05, 4.69) is 116 Å². The number of hydrogen-bond donors (Lipinski definition) is 0. The van der Waals surface area contributed by atoms with Crippen molar-refractivity contribution in [1.82, 2.24) is 4.67 Å². The molecule has 0 N–H and O–H groups in total.